The summed E-state index contributed by atoms with van der Waals surface area (Å²) in [6.45, 7) is 0.861. The summed E-state index contributed by atoms with van der Waals surface area (Å²) in [4.78, 5) is 19.8. The fraction of sp³-hybridized carbons (Fsp3) is 0.294. The second kappa shape index (κ2) is 7.04. The zero-order valence-electron chi connectivity index (χ0n) is 13.2. The molecular formula is C17H22N4O. The predicted molar refractivity (Wildman–Crippen MR) is 88.9 cm³/mol. The molecule has 0 saturated heterocycles. The molecule has 5 nitrogen and oxygen atoms in total. The molecule has 0 saturated carbocycles. The van der Waals surface area contributed by atoms with Crippen LogP contribution in [0.25, 0.3) is 0 Å². The maximum absolute atomic E-state index is 11.1. The van der Waals surface area contributed by atoms with Gasteiger partial charge in [0, 0.05) is 19.8 Å². The summed E-state index contributed by atoms with van der Waals surface area (Å²) in [5.41, 5.74) is 6.90. The lowest BCUT2D eigenvalue weighted by molar-refractivity contribution is 0.1000. The van der Waals surface area contributed by atoms with Gasteiger partial charge in [-0.15, -0.1) is 0 Å². The Balaban J connectivity index is 2.28. The van der Waals surface area contributed by atoms with E-state index >= 15 is 0 Å². The highest BCUT2D eigenvalue weighted by Crippen LogP contribution is 2.24. The van der Waals surface area contributed by atoms with Crippen LogP contribution in [0, 0.1) is 0 Å². The van der Waals surface area contributed by atoms with Crippen molar-refractivity contribution in [1.29, 1.82) is 0 Å². The number of pyridine rings is 1. The van der Waals surface area contributed by atoms with E-state index in [0.29, 0.717) is 5.56 Å². The molecule has 1 atom stereocenters. The van der Waals surface area contributed by atoms with Gasteiger partial charge in [-0.3, -0.25) is 4.79 Å². The Morgan fingerprint density at radius 3 is 2.32 bits per heavy atom. The second-order valence-corrected chi connectivity index (χ2v) is 5.57. The third-order valence-corrected chi connectivity index (χ3v) is 3.58. The van der Waals surface area contributed by atoms with Crippen molar-refractivity contribution in [3.8, 4) is 0 Å². The number of carbonyl (C=O) groups excluding carboxylic acids is 1. The first-order valence-corrected chi connectivity index (χ1v) is 7.17. The van der Waals surface area contributed by atoms with E-state index in [0.717, 1.165) is 12.4 Å². The SMILES string of the molecule is CN(C)CC(c1ccccc1)N(C)c1ccc(C(N)=O)cn1. The number of nitrogens with two attached hydrogens (primary N) is 1. The van der Waals surface area contributed by atoms with E-state index in [2.05, 4.69) is 26.9 Å². The normalized spacial score (nSPS) is 12.2. The topological polar surface area (TPSA) is 62.5 Å². The molecule has 1 unspecified atom stereocenters. The van der Waals surface area contributed by atoms with Crippen LogP contribution in [0.2, 0.25) is 0 Å². The number of amides is 1. The highest BCUT2D eigenvalue weighted by Gasteiger charge is 2.19. The minimum Gasteiger partial charge on any atom is -0.366 e. The molecule has 0 aliphatic heterocycles. The number of hydrogen-bond donors (Lipinski definition) is 1. The van der Waals surface area contributed by atoms with Gasteiger partial charge in [0.2, 0.25) is 5.91 Å². The van der Waals surface area contributed by atoms with E-state index in [1.54, 1.807) is 6.07 Å². The molecule has 0 spiro atoms. The Kier molecular flexibility index (Phi) is 5.12. The fourth-order valence-corrected chi connectivity index (χ4v) is 2.37. The van der Waals surface area contributed by atoms with Crippen LogP contribution in [0.3, 0.4) is 0 Å². The van der Waals surface area contributed by atoms with Crippen LogP contribution < -0.4 is 10.6 Å². The summed E-state index contributed by atoms with van der Waals surface area (Å²) in [5.74, 6) is 0.343. The predicted octanol–water partition coefficient (Wildman–Crippen LogP) is 1.92. The fourth-order valence-electron chi connectivity index (χ4n) is 2.37. The molecule has 0 bridgehead atoms. The molecule has 2 rings (SSSR count). The van der Waals surface area contributed by atoms with Crippen LogP contribution >= 0.6 is 0 Å². The quantitative estimate of drug-likeness (QED) is 0.885. The highest BCUT2D eigenvalue weighted by atomic mass is 16.1. The van der Waals surface area contributed by atoms with Gasteiger partial charge in [0.25, 0.3) is 0 Å². The highest BCUT2D eigenvalue weighted by molar-refractivity contribution is 5.92. The van der Waals surface area contributed by atoms with Crippen LogP contribution in [-0.4, -0.2) is 43.5 Å². The van der Waals surface area contributed by atoms with Gasteiger partial charge >= 0.3 is 0 Å². The monoisotopic (exact) mass is 298 g/mol. The van der Waals surface area contributed by atoms with E-state index in [-0.39, 0.29) is 6.04 Å². The first-order valence-electron chi connectivity index (χ1n) is 7.17. The molecule has 1 heterocycles. The van der Waals surface area contributed by atoms with Crippen molar-refractivity contribution in [2.75, 3.05) is 32.6 Å². The molecule has 5 heteroatoms. The van der Waals surface area contributed by atoms with Crippen molar-refractivity contribution in [2.45, 2.75) is 6.04 Å². The third kappa shape index (κ3) is 3.83. The lowest BCUT2D eigenvalue weighted by Gasteiger charge is -2.31. The van der Waals surface area contributed by atoms with Gasteiger partial charge in [0.1, 0.15) is 5.82 Å². The number of nitrogens with zero attached hydrogens (tertiary/aromatic N) is 3. The van der Waals surface area contributed by atoms with Crippen LogP contribution in [0.15, 0.2) is 48.7 Å². The number of primary amides is 1. The Morgan fingerprint density at radius 1 is 1.14 bits per heavy atom. The molecule has 22 heavy (non-hydrogen) atoms. The zero-order chi connectivity index (χ0) is 16.1. The van der Waals surface area contributed by atoms with Gasteiger partial charge in [-0.2, -0.15) is 0 Å². The van der Waals surface area contributed by atoms with Crippen LogP contribution in [0.1, 0.15) is 22.0 Å². The number of carbonyl (C=O) groups is 1. The smallest absolute Gasteiger partial charge is 0.250 e. The summed E-state index contributed by atoms with van der Waals surface area (Å²) in [5, 5.41) is 0. The zero-order valence-corrected chi connectivity index (χ0v) is 13.2. The van der Waals surface area contributed by atoms with Crippen molar-refractivity contribution in [1.82, 2.24) is 9.88 Å². The number of rotatable bonds is 6. The molecule has 0 radical (unpaired) electrons. The number of likely N-dealkylation sites (N-methyl/N-ethyl adjacent to an activating group) is 2. The number of aromatic nitrogens is 1. The average Bonchev–Trinajstić information content (AvgIpc) is 2.52. The number of benzene rings is 1. The van der Waals surface area contributed by atoms with Crippen molar-refractivity contribution in [3.63, 3.8) is 0 Å². The minimum atomic E-state index is -0.463. The lowest BCUT2D eigenvalue weighted by atomic mass is 10.1. The van der Waals surface area contributed by atoms with Gasteiger partial charge in [-0.05, 0) is 31.8 Å². The molecule has 0 aliphatic rings. The molecule has 2 aromatic rings. The van der Waals surface area contributed by atoms with E-state index in [4.69, 9.17) is 5.73 Å². The molecule has 1 aromatic carbocycles. The third-order valence-electron chi connectivity index (χ3n) is 3.58. The van der Waals surface area contributed by atoms with E-state index in [1.807, 2.05) is 45.4 Å². The van der Waals surface area contributed by atoms with Gasteiger partial charge in [0.15, 0.2) is 0 Å². The molecule has 2 N–H and O–H groups in total. The van der Waals surface area contributed by atoms with Gasteiger partial charge in [0.05, 0.1) is 11.6 Å². The second-order valence-electron chi connectivity index (χ2n) is 5.57. The number of hydrogen-bond acceptors (Lipinski definition) is 4. The Hall–Kier alpha value is -2.40. The molecule has 0 aliphatic carbocycles. The van der Waals surface area contributed by atoms with Crippen molar-refractivity contribution < 1.29 is 4.79 Å². The lowest BCUT2D eigenvalue weighted by Crippen LogP contribution is -2.33. The van der Waals surface area contributed by atoms with Gasteiger partial charge in [-0.1, -0.05) is 30.3 Å². The minimum absolute atomic E-state index is 0.170. The van der Waals surface area contributed by atoms with Crippen LogP contribution in [0.5, 0.6) is 0 Å². The molecular weight excluding hydrogens is 276 g/mol. The summed E-state index contributed by atoms with van der Waals surface area (Å²) < 4.78 is 0. The maximum Gasteiger partial charge on any atom is 0.250 e. The van der Waals surface area contributed by atoms with Crippen LogP contribution in [-0.2, 0) is 0 Å². The Morgan fingerprint density at radius 2 is 1.82 bits per heavy atom. The molecule has 1 aromatic heterocycles. The standard InChI is InChI=1S/C17H22N4O/c1-20(2)12-15(13-7-5-4-6-8-13)21(3)16-10-9-14(11-19-16)17(18)22/h4-11,15H,12H2,1-3H3,(H2,18,22). The van der Waals surface area contributed by atoms with Crippen LogP contribution in [0.4, 0.5) is 5.82 Å². The first-order chi connectivity index (χ1) is 10.5. The van der Waals surface area contributed by atoms with E-state index in [9.17, 15) is 4.79 Å². The van der Waals surface area contributed by atoms with Gasteiger partial charge in [-0.25, -0.2) is 4.98 Å². The van der Waals surface area contributed by atoms with Crippen molar-refractivity contribution in [2.24, 2.45) is 5.73 Å². The van der Waals surface area contributed by atoms with E-state index < -0.39 is 5.91 Å². The Labute approximate surface area is 131 Å². The molecule has 1 amide bonds. The first kappa shape index (κ1) is 16.0. The molecule has 0 fully saturated rings. The van der Waals surface area contributed by atoms with Crippen molar-refractivity contribution >= 4 is 11.7 Å². The van der Waals surface area contributed by atoms with Gasteiger partial charge < -0.3 is 15.5 Å². The largest absolute Gasteiger partial charge is 0.366 e. The summed E-state index contributed by atoms with van der Waals surface area (Å²) >= 11 is 0. The number of anilines is 1. The maximum atomic E-state index is 11.1. The summed E-state index contributed by atoms with van der Waals surface area (Å²) in [6, 6.07) is 14.0. The summed E-state index contributed by atoms with van der Waals surface area (Å²) in [6.07, 6.45) is 1.52. The van der Waals surface area contributed by atoms with Crippen molar-refractivity contribution in [3.05, 3.63) is 59.8 Å². The summed E-state index contributed by atoms with van der Waals surface area (Å²) in [7, 11) is 6.11. The Bertz CT molecular complexity index is 610. The average molecular weight is 298 g/mol. The molecule has 116 valence electrons. The van der Waals surface area contributed by atoms with E-state index in [1.165, 1.54) is 11.8 Å².